The van der Waals surface area contributed by atoms with Crippen molar-refractivity contribution in [2.75, 3.05) is 30.7 Å². The van der Waals surface area contributed by atoms with E-state index in [0.717, 1.165) is 31.5 Å². The summed E-state index contributed by atoms with van der Waals surface area (Å²) >= 11 is 0. The van der Waals surface area contributed by atoms with Crippen LogP contribution in [0.5, 0.6) is 0 Å². The summed E-state index contributed by atoms with van der Waals surface area (Å²) in [7, 11) is 0. The second-order valence-corrected chi connectivity index (χ2v) is 6.40. The number of Topliss-reactive ketones (excluding diaryl/α,β-unsaturated/α-hetero) is 1. The van der Waals surface area contributed by atoms with Crippen LogP contribution in [0.15, 0.2) is 30.3 Å². The van der Waals surface area contributed by atoms with Gasteiger partial charge in [0, 0.05) is 43.2 Å². The summed E-state index contributed by atoms with van der Waals surface area (Å²) in [5.74, 6) is 1.05. The van der Waals surface area contributed by atoms with Crippen molar-refractivity contribution in [3.05, 3.63) is 35.9 Å². The average molecular weight is 353 g/mol. The number of amides is 1. The molecule has 0 bridgehead atoms. The van der Waals surface area contributed by atoms with Crippen LogP contribution < -0.4 is 11.1 Å². The molecule has 1 fully saturated rings. The normalized spacial score (nSPS) is 13.9. The summed E-state index contributed by atoms with van der Waals surface area (Å²) in [4.78, 5) is 33.6. The molecule has 0 aliphatic carbocycles. The molecule has 1 aromatic heterocycles. The zero-order valence-corrected chi connectivity index (χ0v) is 14.9. The molecule has 0 spiro atoms. The van der Waals surface area contributed by atoms with Gasteiger partial charge in [-0.05, 0) is 25.8 Å². The first-order valence-electron chi connectivity index (χ1n) is 8.80. The number of benzene rings is 1. The number of likely N-dealkylation sites (tertiary alicyclic amines) is 1. The van der Waals surface area contributed by atoms with Crippen molar-refractivity contribution < 1.29 is 9.59 Å². The van der Waals surface area contributed by atoms with Crippen LogP contribution in [0, 0.1) is 0 Å². The van der Waals surface area contributed by atoms with Crippen LogP contribution in [-0.4, -0.2) is 46.2 Å². The first-order valence-corrected chi connectivity index (χ1v) is 8.80. The van der Waals surface area contributed by atoms with Crippen LogP contribution in [0.1, 0.15) is 36.5 Å². The minimum Gasteiger partial charge on any atom is -0.370 e. The Morgan fingerprint density at radius 3 is 2.88 bits per heavy atom. The molecule has 1 aromatic carbocycles. The van der Waals surface area contributed by atoms with E-state index in [1.807, 2.05) is 23.1 Å². The lowest BCUT2D eigenvalue weighted by molar-refractivity contribution is -0.127. The molecule has 2 aromatic rings. The van der Waals surface area contributed by atoms with Gasteiger partial charge >= 0.3 is 0 Å². The van der Waals surface area contributed by atoms with E-state index in [-0.39, 0.29) is 17.6 Å². The number of carbonyl (C=O) groups excluding carboxylic acids is 2. The van der Waals surface area contributed by atoms with Crippen molar-refractivity contribution in [1.82, 2.24) is 14.9 Å². The van der Waals surface area contributed by atoms with Crippen LogP contribution in [0.2, 0.25) is 0 Å². The molecule has 3 rings (SSSR count). The van der Waals surface area contributed by atoms with E-state index in [1.165, 1.54) is 6.92 Å². The van der Waals surface area contributed by atoms with Gasteiger partial charge < -0.3 is 16.0 Å². The second kappa shape index (κ2) is 7.95. The topological polar surface area (TPSA) is 101 Å². The number of anilines is 2. The van der Waals surface area contributed by atoms with E-state index in [4.69, 9.17) is 5.73 Å². The molecule has 136 valence electrons. The SMILES string of the molecule is CC(=O)c1cccc(-c2cc(NCCCN3CCCC3=O)nc(N)n2)c1. The van der Waals surface area contributed by atoms with Crippen molar-refractivity contribution >= 4 is 23.5 Å². The molecule has 3 N–H and O–H groups in total. The van der Waals surface area contributed by atoms with Crippen molar-refractivity contribution in [2.45, 2.75) is 26.2 Å². The number of aromatic nitrogens is 2. The largest absolute Gasteiger partial charge is 0.370 e. The maximum atomic E-state index is 11.6. The van der Waals surface area contributed by atoms with Crippen LogP contribution in [0.3, 0.4) is 0 Å². The Hall–Kier alpha value is -2.96. The highest BCUT2D eigenvalue weighted by molar-refractivity contribution is 5.95. The predicted molar refractivity (Wildman–Crippen MR) is 101 cm³/mol. The Labute approximate surface area is 152 Å². The number of rotatable bonds is 7. The fraction of sp³-hybridized carbons (Fsp3) is 0.368. The number of nitrogen functional groups attached to an aromatic ring is 1. The van der Waals surface area contributed by atoms with Crippen molar-refractivity contribution in [1.29, 1.82) is 0 Å². The number of nitrogens with zero attached hydrogens (tertiary/aromatic N) is 3. The fourth-order valence-electron chi connectivity index (χ4n) is 3.03. The van der Waals surface area contributed by atoms with E-state index >= 15 is 0 Å². The molecular formula is C19H23N5O2. The van der Waals surface area contributed by atoms with Crippen molar-refractivity contribution in [2.24, 2.45) is 0 Å². The molecule has 0 radical (unpaired) electrons. The highest BCUT2D eigenvalue weighted by Gasteiger charge is 2.18. The molecule has 1 aliphatic rings. The highest BCUT2D eigenvalue weighted by atomic mass is 16.2. The third-order valence-corrected chi connectivity index (χ3v) is 4.39. The van der Waals surface area contributed by atoms with Crippen LogP contribution >= 0.6 is 0 Å². The smallest absolute Gasteiger partial charge is 0.222 e. The minimum absolute atomic E-state index is 0.00341. The number of carbonyl (C=O) groups is 2. The lowest BCUT2D eigenvalue weighted by Gasteiger charge is -2.15. The molecule has 0 saturated carbocycles. The Balaban J connectivity index is 1.65. The predicted octanol–water partition coefficient (Wildman–Crippen LogP) is 2.35. The van der Waals surface area contributed by atoms with Gasteiger partial charge in [0.25, 0.3) is 0 Å². The van der Waals surface area contributed by atoms with Gasteiger partial charge in [-0.3, -0.25) is 9.59 Å². The monoisotopic (exact) mass is 353 g/mol. The summed E-state index contributed by atoms with van der Waals surface area (Å²) in [5.41, 5.74) is 7.95. The number of nitrogens with one attached hydrogen (secondary N) is 1. The summed E-state index contributed by atoms with van der Waals surface area (Å²) in [6.45, 7) is 3.83. The standard InChI is InChI=1S/C19H23N5O2/c1-13(25)14-5-2-6-15(11-14)16-12-17(23-19(20)22-16)21-8-4-10-24-9-3-7-18(24)26/h2,5-6,11-12H,3-4,7-10H2,1H3,(H3,20,21,22,23). The zero-order chi connectivity index (χ0) is 18.5. The molecule has 0 unspecified atom stereocenters. The molecule has 26 heavy (non-hydrogen) atoms. The lowest BCUT2D eigenvalue weighted by atomic mass is 10.1. The molecule has 1 amide bonds. The molecule has 0 atom stereocenters. The van der Waals surface area contributed by atoms with Crippen molar-refractivity contribution in [3.8, 4) is 11.3 Å². The van der Waals surface area contributed by atoms with Crippen LogP contribution in [0.4, 0.5) is 11.8 Å². The van der Waals surface area contributed by atoms with Crippen LogP contribution in [0.25, 0.3) is 11.3 Å². The first-order chi connectivity index (χ1) is 12.5. The molecule has 1 aliphatic heterocycles. The van der Waals surface area contributed by atoms with Gasteiger partial charge in [-0.2, -0.15) is 4.98 Å². The number of hydrogen-bond acceptors (Lipinski definition) is 6. The van der Waals surface area contributed by atoms with Crippen molar-refractivity contribution in [3.63, 3.8) is 0 Å². The average Bonchev–Trinajstić information content (AvgIpc) is 3.03. The van der Waals surface area contributed by atoms with Gasteiger partial charge in [-0.25, -0.2) is 4.98 Å². The van der Waals surface area contributed by atoms with Gasteiger partial charge in [0.15, 0.2) is 5.78 Å². The third-order valence-electron chi connectivity index (χ3n) is 4.39. The summed E-state index contributed by atoms with van der Waals surface area (Å²) in [5, 5.41) is 3.24. The summed E-state index contributed by atoms with van der Waals surface area (Å²) in [6, 6.07) is 9.10. The second-order valence-electron chi connectivity index (χ2n) is 6.40. The first kappa shape index (κ1) is 17.8. The third kappa shape index (κ3) is 4.36. The highest BCUT2D eigenvalue weighted by Crippen LogP contribution is 2.22. The number of ketones is 1. The van der Waals surface area contributed by atoms with E-state index in [9.17, 15) is 9.59 Å². The quantitative estimate of drug-likeness (QED) is 0.585. The molecular weight excluding hydrogens is 330 g/mol. The Morgan fingerprint density at radius 1 is 1.31 bits per heavy atom. The minimum atomic E-state index is 0.00341. The van der Waals surface area contributed by atoms with E-state index < -0.39 is 0 Å². The maximum Gasteiger partial charge on any atom is 0.222 e. The van der Waals surface area contributed by atoms with Gasteiger partial charge in [-0.1, -0.05) is 18.2 Å². The fourth-order valence-corrected chi connectivity index (χ4v) is 3.03. The molecule has 7 nitrogen and oxygen atoms in total. The zero-order valence-electron chi connectivity index (χ0n) is 14.9. The molecule has 7 heteroatoms. The van der Waals surface area contributed by atoms with Gasteiger partial charge in [0.2, 0.25) is 11.9 Å². The van der Waals surface area contributed by atoms with E-state index in [1.54, 1.807) is 12.1 Å². The maximum absolute atomic E-state index is 11.6. The van der Waals surface area contributed by atoms with Crippen LogP contribution in [-0.2, 0) is 4.79 Å². The Morgan fingerprint density at radius 2 is 2.15 bits per heavy atom. The molecule has 2 heterocycles. The van der Waals surface area contributed by atoms with Gasteiger partial charge in [-0.15, -0.1) is 0 Å². The number of nitrogens with two attached hydrogens (primary N) is 1. The van der Waals surface area contributed by atoms with E-state index in [0.29, 0.717) is 30.0 Å². The number of hydrogen-bond donors (Lipinski definition) is 2. The molecule has 1 saturated heterocycles. The Bertz CT molecular complexity index is 821. The lowest BCUT2D eigenvalue weighted by Crippen LogP contribution is -2.27. The van der Waals surface area contributed by atoms with Gasteiger partial charge in [0.1, 0.15) is 5.82 Å². The van der Waals surface area contributed by atoms with E-state index in [2.05, 4.69) is 15.3 Å². The van der Waals surface area contributed by atoms with Gasteiger partial charge in [0.05, 0.1) is 5.69 Å². The summed E-state index contributed by atoms with van der Waals surface area (Å²) < 4.78 is 0. The Kier molecular flexibility index (Phi) is 5.46. The summed E-state index contributed by atoms with van der Waals surface area (Å²) in [6.07, 6.45) is 2.46.